The molecule has 1 amide bonds. The van der Waals surface area contributed by atoms with Crippen LogP contribution in [0.4, 0.5) is 5.82 Å². The first-order valence-electron chi connectivity index (χ1n) is 9.21. The largest absolute Gasteiger partial charge is 0.350 e. The zero-order valence-electron chi connectivity index (χ0n) is 16.3. The number of nitrogens with one attached hydrogen (secondary N) is 2. The lowest BCUT2D eigenvalue weighted by Gasteiger charge is -2.23. The highest BCUT2D eigenvalue weighted by Gasteiger charge is 2.32. The maximum absolute atomic E-state index is 12.3. The van der Waals surface area contributed by atoms with Crippen LogP contribution in [0.25, 0.3) is 22.2 Å². The molecule has 0 fully saturated rings. The second-order valence-corrected chi connectivity index (χ2v) is 7.62. The Morgan fingerprint density at radius 3 is 2.82 bits per heavy atom. The molecule has 2 aliphatic rings. The van der Waals surface area contributed by atoms with Crippen molar-refractivity contribution in [3.05, 3.63) is 53.4 Å². The zero-order valence-corrected chi connectivity index (χ0v) is 16.3. The summed E-state index contributed by atoms with van der Waals surface area (Å²) in [6.45, 7) is 0. The quantitative estimate of drug-likeness (QED) is 0.725. The predicted octanol–water partition coefficient (Wildman–Crippen LogP) is 2.97. The molecule has 7 nitrogen and oxygen atoms in total. The number of hydrogen-bond donors (Lipinski definition) is 2. The number of aliphatic imine (C=N–C) groups is 1. The molecule has 28 heavy (non-hydrogen) atoms. The molecule has 7 heteroatoms. The highest BCUT2D eigenvalue weighted by molar-refractivity contribution is 6.02. The molecule has 0 bridgehead atoms. The lowest BCUT2D eigenvalue weighted by molar-refractivity contribution is 0.0827. The lowest BCUT2D eigenvalue weighted by atomic mass is 9.99. The third-order valence-corrected chi connectivity index (χ3v) is 5.54. The number of nitrogens with zero attached hydrogens (tertiary/aromatic N) is 4. The number of H-pyrrole nitrogens is 1. The van der Waals surface area contributed by atoms with E-state index in [0.29, 0.717) is 5.56 Å². The summed E-state index contributed by atoms with van der Waals surface area (Å²) >= 11 is 0. The van der Waals surface area contributed by atoms with E-state index in [4.69, 9.17) is 0 Å². The number of carbonyl (C=O) groups excluding carboxylic acids is 1. The number of aromatic amines is 1. The van der Waals surface area contributed by atoms with Crippen LogP contribution in [-0.2, 0) is 7.05 Å². The van der Waals surface area contributed by atoms with Crippen LogP contribution >= 0.6 is 0 Å². The van der Waals surface area contributed by atoms with Crippen LogP contribution in [0.5, 0.6) is 0 Å². The molecule has 0 saturated heterocycles. The first kappa shape index (κ1) is 16.8. The Balaban J connectivity index is 1.62. The molecular formula is C21H22N6O. The van der Waals surface area contributed by atoms with Crippen LogP contribution in [0.3, 0.4) is 0 Å². The van der Waals surface area contributed by atoms with Crippen LogP contribution in [0, 0.1) is 0 Å². The molecule has 2 aromatic heterocycles. The smallest absolute Gasteiger partial charge is 0.253 e. The topological polar surface area (TPSA) is 68.7 Å². The number of aryl methyl sites for hydroxylation is 1. The molecule has 2 aliphatic heterocycles. The van der Waals surface area contributed by atoms with Gasteiger partial charge in [-0.1, -0.05) is 6.07 Å². The van der Waals surface area contributed by atoms with Gasteiger partial charge in [-0.3, -0.25) is 4.79 Å². The molecule has 1 unspecified atom stereocenters. The van der Waals surface area contributed by atoms with Crippen LogP contribution in [0.15, 0.2) is 47.2 Å². The van der Waals surface area contributed by atoms with Crippen molar-refractivity contribution in [2.75, 3.05) is 21.1 Å². The van der Waals surface area contributed by atoms with Crippen LogP contribution in [-0.4, -0.2) is 52.7 Å². The van der Waals surface area contributed by atoms with Gasteiger partial charge in [0, 0.05) is 85.7 Å². The van der Waals surface area contributed by atoms with Crippen molar-refractivity contribution in [2.45, 2.75) is 6.04 Å². The number of hydrogen-bond acceptors (Lipinski definition) is 4. The van der Waals surface area contributed by atoms with E-state index in [1.165, 1.54) is 0 Å². The van der Waals surface area contributed by atoms with Gasteiger partial charge < -0.3 is 19.9 Å². The number of benzene rings is 1. The van der Waals surface area contributed by atoms with Gasteiger partial charge in [-0.15, -0.1) is 0 Å². The van der Waals surface area contributed by atoms with Crippen LogP contribution in [0.2, 0.25) is 0 Å². The molecule has 3 aromatic rings. The fraction of sp³-hybridized carbons (Fsp3) is 0.238. The Hall–Kier alpha value is -3.32. The number of rotatable bonds is 2. The van der Waals surface area contributed by atoms with Crippen molar-refractivity contribution >= 4 is 28.8 Å². The maximum atomic E-state index is 12.3. The Morgan fingerprint density at radius 1 is 1.21 bits per heavy atom. The normalized spacial score (nSPS) is 18.0. The summed E-state index contributed by atoms with van der Waals surface area (Å²) < 4.78 is 2.06. The first-order valence-corrected chi connectivity index (χ1v) is 9.21. The molecule has 0 aliphatic carbocycles. The van der Waals surface area contributed by atoms with Crippen molar-refractivity contribution in [1.82, 2.24) is 24.9 Å². The monoisotopic (exact) mass is 374 g/mol. The minimum Gasteiger partial charge on any atom is -0.350 e. The van der Waals surface area contributed by atoms with Gasteiger partial charge in [0.1, 0.15) is 5.82 Å². The number of hydrazine groups is 1. The van der Waals surface area contributed by atoms with Crippen molar-refractivity contribution in [2.24, 2.45) is 12.0 Å². The van der Waals surface area contributed by atoms with Gasteiger partial charge in [0.15, 0.2) is 0 Å². The highest BCUT2D eigenvalue weighted by Crippen LogP contribution is 2.42. The van der Waals surface area contributed by atoms with Gasteiger partial charge in [-0.05, 0) is 18.2 Å². The third-order valence-electron chi connectivity index (χ3n) is 5.54. The second kappa shape index (κ2) is 5.84. The summed E-state index contributed by atoms with van der Waals surface area (Å²) in [4.78, 5) is 22.0. The lowest BCUT2D eigenvalue weighted by Crippen LogP contribution is -2.29. The Morgan fingerprint density at radius 2 is 2.04 bits per heavy atom. The average molecular weight is 374 g/mol. The minimum absolute atomic E-state index is 0.00501. The van der Waals surface area contributed by atoms with Crippen molar-refractivity contribution in [3.63, 3.8) is 0 Å². The van der Waals surface area contributed by atoms with E-state index in [1.54, 1.807) is 19.0 Å². The van der Waals surface area contributed by atoms with E-state index < -0.39 is 0 Å². The number of likely N-dealkylation sites (N-methyl/N-ethyl adjacent to an activating group) is 1. The van der Waals surface area contributed by atoms with E-state index in [0.717, 1.165) is 39.1 Å². The molecule has 5 rings (SSSR count). The summed E-state index contributed by atoms with van der Waals surface area (Å²) in [5, 5.41) is 3.19. The molecule has 0 saturated carbocycles. The SMILES string of the molecule is CN(C)C(=O)c1ccc2c(-c3cc4c([nH]3)N=CC3=CNN(C)C34)cn(C)c2c1. The summed E-state index contributed by atoms with van der Waals surface area (Å²) in [6.07, 6.45) is 6.00. The van der Waals surface area contributed by atoms with E-state index in [2.05, 4.69) is 37.2 Å². The fourth-order valence-corrected chi connectivity index (χ4v) is 4.10. The predicted molar refractivity (Wildman–Crippen MR) is 111 cm³/mol. The highest BCUT2D eigenvalue weighted by atomic mass is 16.2. The summed E-state index contributed by atoms with van der Waals surface area (Å²) in [6, 6.07) is 8.22. The van der Waals surface area contributed by atoms with Gasteiger partial charge in [0.25, 0.3) is 5.91 Å². The average Bonchev–Trinajstić information content (AvgIpc) is 3.36. The molecule has 4 heterocycles. The molecule has 142 valence electrons. The van der Waals surface area contributed by atoms with Gasteiger partial charge >= 0.3 is 0 Å². The van der Waals surface area contributed by atoms with E-state index in [9.17, 15) is 4.79 Å². The molecule has 1 aromatic carbocycles. The zero-order chi connectivity index (χ0) is 19.6. The molecule has 0 spiro atoms. The van der Waals surface area contributed by atoms with E-state index in [1.807, 2.05) is 44.7 Å². The van der Waals surface area contributed by atoms with Crippen molar-refractivity contribution in [1.29, 1.82) is 0 Å². The number of aromatic nitrogens is 2. The summed E-state index contributed by atoms with van der Waals surface area (Å²) in [5.74, 6) is 0.898. The van der Waals surface area contributed by atoms with Crippen molar-refractivity contribution in [3.8, 4) is 11.3 Å². The van der Waals surface area contributed by atoms with Gasteiger partial charge in [0.2, 0.25) is 0 Å². The second-order valence-electron chi connectivity index (χ2n) is 7.62. The van der Waals surface area contributed by atoms with Gasteiger partial charge in [0.05, 0.1) is 6.04 Å². The number of amides is 1. The van der Waals surface area contributed by atoms with Gasteiger partial charge in [-0.25, -0.2) is 10.0 Å². The third kappa shape index (κ3) is 2.33. The summed E-state index contributed by atoms with van der Waals surface area (Å²) in [7, 11) is 7.58. The Bertz CT molecular complexity index is 1180. The number of carbonyl (C=O) groups is 1. The minimum atomic E-state index is 0.00501. The van der Waals surface area contributed by atoms with Crippen LogP contribution < -0.4 is 5.43 Å². The standard InChI is InChI=1S/C21H22N6O/c1-25(2)21(28)12-5-6-14-16(11-26(3)18(14)7-12)17-8-15-19-13(10-23-27(19)4)9-22-20(15)24-17/h5-11,19,23-24H,1-4H3. The van der Waals surface area contributed by atoms with Gasteiger partial charge in [-0.2, -0.15) is 0 Å². The fourth-order valence-electron chi connectivity index (χ4n) is 4.10. The first-order chi connectivity index (χ1) is 13.4. The maximum Gasteiger partial charge on any atom is 0.253 e. The number of fused-ring (bicyclic) bond motifs is 4. The summed E-state index contributed by atoms with van der Waals surface area (Å²) in [5.41, 5.74) is 9.40. The Labute approximate surface area is 162 Å². The van der Waals surface area contributed by atoms with Crippen LogP contribution in [0.1, 0.15) is 22.0 Å². The van der Waals surface area contributed by atoms with E-state index >= 15 is 0 Å². The molecule has 2 N–H and O–H groups in total. The Kier molecular flexibility index (Phi) is 3.51. The van der Waals surface area contributed by atoms with Crippen molar-refractivity contribution < 1.29 is 4.79 Å². The molecule has 1 atom stereocenters. The molecular weight excluding hydrogens is 352 g/mol. The molecule has 0 radical (unpaired) electrons. The van der Waals surface area contributed by atoms with E-state index in [-0.39, 0.29) is 11.9 Å².